The van der Waals surface area contributed by atoms with E-state index in [9.17, 15) is 27.9 Å². The van der Waals surface area contributed by atoms with Crippen LogP contribution in [0, 0.1) is 13.8 Å². The predicted molar refractivity (Wildman–Crippen MR) is 119 cm³/mol. The summed E-state index contributed by atoms with van der Waals surface area (Å²) in [5.74, 6) is -2.18. The minimum absolute atomic E-state index is 0.149. The van der Waals surface area contributed by atoms with Crippen molar-refractivity contribution >= 4 is 17.4 Å². The van der Waals surface area contributed by atoms with Crippen molar-refractivity contribution in [3.05, 3.63) is 106 Å². The van der Waals surface area contributed by atoms with Crippen molar-refractivity contribution in [3.8, 4) is 0 Å². The van der Waals surface area contributed by atoms with E-state index in [1.807, 2.05) is 13.0 Å². The molecule has 1 amide bonds. The number of aliphatic hydroxyl groups excluding tert-OH is 1. The summed E-state index contributed by atoms with van der Waals surface area (Å²) in [7, 11) is 0. The molecule has 1 aliphatic heterocycles. The number of likely N-dealkylation sites (tertiary alicyclic amines) is 1. The number of carbonyl (C=O) groups excluding carboxylic acids is 2. The van der Waals surface area contributed by atoms with Crippen molar-refractivity contribution in [2.24, 2.45) is 0 Å². The van der Waals surface area contributed by atoms with Gasteiger partial charge in [-0.05, 0) is 55.3 Å². The number of Topliss-reactive ketones (excluding diaryl/α,β-unsaturated/α-hetero) is 1. The van der Waals surface area contributed by atoms with E-state index < -0.39 is 29.5 Å². The SMILES string of the molecule is Cc1ccc(C)c(/C(O)=C2\C(=O)C(=O)N(Cc3cccc(C(F)(F)F)c3)C2c2ccccn2)c1. The third kappa shape index (κ3) is 4.31. The number of ketones is 1. The molecule has 2 heterocycles. The van der Waals surface area contributed by atoms with Crippen molar-refractivity contribution < 1.29 is 27.9 Å². The molecule has 1 aromatic heterocycles. The summed E-state index contributed by atoms with van der Waals surface area (Å²) in [6.45, 7) is 3.33. The summed E-state index contributed by atoms with van der Waals surface area (Å²) in [6.07, 6.45) is -3.06. The Hall–Kier alpha value is -3.94. The molecule has 1 atom stereocenters. The van der Waals surface area contributed by atoms with Crippen molar-refractivity contribution in [1.82, 2.24) is 9.88 Å². The fourth-order valence-electron chi connectivity index (χ4n) is 4.07. The van der Waals surface area contributed by atoms with Crippen molar-refractivity contribution in [2.75, 3.05) is 0 Å². The van der Waals surface area contributed by atoms with Crippen LogP contribution in [0.2, 0.25) is 0 Å². The molecular formula is C26H21F3N2O3. The van der Waals surface area contributed by atoms with Gasteiger partial charge in [0, 0.05) is 18.3 Å². The van der Waals surface area contributed by atoms with Crippen LogP contribution in [0.3, 0.4) is 0 Å². The van der Waals surface area contributed by atoms with Crippen molar-refractivity contribution in [1.29, 1.82) is 0 Å². The Morgan fingerprint density at radius 1 is 1.03 bits per heavy atom. The number of nitrogens with zero attached hydrogens (tertiary/aromatic N) is 2. The van der Waals surface area contributed by atoms with Crippen LogP contribution in [0.5, 0.6) is 0 Å². The largest absolute Gasteiger partial charge is 0.507 e. The van der Waals surface area contributed by atoms with Crippen LogP contribution in [0.25, 0.3) is 5.76 Å². The van der Waals surface area contributed by atoms with Gasteiger partial charge >= 0.3 is 6.18 Å². The zero-order valence-corrected chi connectivity index (χ0v) is 18.4. The van der Waals surface area contributed by atoms with Crippen molar-refractivity contribution in [3.63, 3.8) is 0 Å². The number of pyridine rings is 1. The summed E-state index contributed by atoms with van der Waals surface area (Å²) in [6, 6.07) is 13.8. The van der Waals surface area contributed by atoms with Crippen LogP contribution in [-0.2, 0) is 22.3 Å². The number of hydrogen-bond acceptors (Lipinski definition) is 4. The first kappa shape index (κ1) is 23.2. The normalized spacial score (nSPS) is 17.9. The molecule has 0 spiro atoms. The maximum atomic E-state index is 13.2. The second-order valence-corrected chi connectivity index (χ2v) is 8.20. The molecule has 5 nitrogen and oxygen atoms in total. The number of aromatic nitrogens is 1. The van der Waals surface area contributed by atoms with Crippen LogP contribution in [-0.4, -0.2) is 26.7 Å². The second kappa shape index (κ2) is 8.78. The van der Waals surface area contributed by atoms with Gasteiger partial charge in [0.1, 0.15) is 11.8 Å². The Morgan fingerprint density at radius 2 is 1.79 bits per heavy atom. The van der Waals surface area contributed by atoms with Gasteiger partial charge in [-0.25, -0.2) is 0 Å². The number of halogens is 3. The number of aliphatic hydroxyl groups is 1. The zero-order valence-electron chi connectivity index (χ0n) is 18.4. The lowest BCUT2D eigenvalue weighted by Gasteiger charge is -2.25. The highest BCUT2D eigenvalue weighted by Crippen LogP contribution is 2.40. The predicted octanol–water partition coefficient (Wildman–Crippen LogP) is 5.34. The standard InChI is InChI=1S/C26H21F3N2O3/c1-15-9-10-16(2)19(12-15)23(32)21-22(20-8-3-4-11-30-20)31(25(34)24(21)33)14-17-6-5-7-18(13-17)26(27,28)29/h3-13,22,32H,14H2,1-2H3/b23-21+. The van der Waals surface area contributed by atoms with E-state index in [4.69, 9.17) is 0 Å². The topological polar surface area (TPSA) is 70.5 Å². The number of aryl methyl sites for hydroxylation is 2. The Kier molecular flexibility index (Phi) is 6.00. The number of rotatable bonds is 4. The van der Waals surface area contributed by atoms with E-state index in [-0.39, 0.29) is 23.4 Å². The molecule has 3 aromatic rings. The van der Waals surface area contributed by atoms with Crippen molar-refractivity contribution in [2.45, 2.75) is 32.6 Å². The molecule has 2 aromatic carbocycles. The number of amides is 1. The Bertz CT molecular complexity index is 1300. The van der Waals surface area contributed by atoms with Gasteiger partial charge in [0.2, 0.25) is 0 Å². The second-order valence-electron chi connectivity index (χ2n) is 8.20. The van der Waals surface area contributed by atoms with E-state index in [1.165, 1.54) is 18.3 Å². The maximum absolute atomic E-state index is 13.2. The first-order valence-corrected chi connectivity index (χ1v) is 10.5. The molecule has 1 unspecified atom stereocenters. The molecule has 1 N–H and O–H groups in total. The summed E-state index contributed by atoms with van der Waals surface area (Å²) in [4.78, 5) is 31.6. The van der Waals surface area contributed by atoms with Gasteiger partial charge < -0.3 is 10.0 Å². The third-order valence-corrected chi connectivity index (χ3v) is 5.76. The lowest BCUT2D eigenvalue weighted by Crippen LogP contribution is -2.29. The minimum Gasteiger partial charge on any atom is -0.507 e. The van der Waals surface area contributed by atoms with E-state index in [0.29, 0.717) is 16.8 Å². The summed E-state index contributed by atoms with van der Waals surface area (Å²) >= 11 is 0. The molecule has 8 heteroatoms. The molecule has 174 valence electrons. The Labute approximate surface area is 194 Å². The highest BCUT2D eigenvalue weighted by Gasteiger charge is 2.47. The fourth-order valence-corrected chi connectivity index (χ4v) is 4.07. The molecule has 4 rings (SSSR count). The van der Waals surface area contributed by atoms with Gasteiger partial charge in [0.15, 0.2) is 0 Å². The average Bonchev–Trinajstić information content (AvgIpc) is 3.05. The Balaban J connectivity index is 1.86. The smallest absolute Gasteiger partial charge is 0.416 e. The molecule has 1 saturated heterocycles. The summed E-state index contributed by atoms with van der Waals surface area (Å²) in [5.41, 5.74) is 1.46. The van der Waals surface area contributed by atoms with Crippen LogP contribution < -0.4 is 0 Å². The van der Waals surface area contributed by atoms with E-state index >= 15 is 0 Å². The molecule has 1 fully saturated rings. The molecule has 34 heavy (non-hydrogen) atoms. The highest BCUT2D eigenvalue weighted by molar-refractivity contribution is 6.46. The Morgan fingerprint density at radius 3 is 2.47 bits per heavy atom. The van der Waals surface area contributed by atoms with E-state index in [2.05, 4.69) is 4.98 Å². The fraction of sp³-hybridized carbons (Fsp3) is 0.192. The van der Waals surface area contributed by atoms with Crippen LogP contribution >= 0.6 is 0 Å². The summed E-state index contributed by atoms with van der Waals surface area (Å²) < 4.78 is 39.6. The molecule has 1 aliphatic rings. The monoisotopic (exact) mass is 466 g/mol. The molecule has 0 bridgehead atoms. The molecular weight excluding hydrogens is 445 g/mol. The maximum Gasteiger partial charge on any atom is 0.416 e. The van der Waals surface area contributed by atoms with E-state index in [0.717, 1.165) is 22.6 Å². The number of hydrogen-bond donors (Lipinski definition) is 1. The lowest BCUT2D eigenvalue weighted by atomic mass is 9.95. The molecule has 0 aliphatic carbocycles. The van der Waals surface area contributed by atoms with Gasteiger partial charge in [-0.2, -0.15) is 13.2 Å². The van der Waals surface area contributed by atoms with Crippen LogP contribution in [0.15, 0.2) is 72.4 Å². The number of carbonyl (C=O) groups is 2. The minimum atomic E-state index is -4.55. The quantitative estimate of drug-likeness (QED) is 0.320. The number of alkyl halides is 3. The molecule has 0 radical (unpaired) electrons. The highest BCUT2D eigenvalue weighted by atomic mass is 19.4. The van der Waals surface area contributed by atoms with Crippen LogP contribution in [0.1, 0.15) is 39.6 Å². The zero-order chi connectivity index (χ0) is 24.6. The lowest BCUT2D eigenvalue weighted by molar-refractivity contribution is -0.140. The molecule has 0 saturated carbocycles. The van der Waals surface area contributed by atoms with Gasteiger partial charge in [-0.1, -0.05) is 35.9 Å². The van der Waals surface area contributed by atoms with Gasteiger partial charge in [0.05, 0.1) is 16.8 Å². The van der Waals surface area contributed by atoms with Gasteiger partial charge in [-0.15, -0.1) is 0 Å². The average molecular weight is 466 g/mol. The van der Waals surface area contributed by atoms with Gasteiger partial charge in [0.25, 0.3) is 11.7 Å². The first-order valence-electron chi connectivity index (χ1n) is 10.5. The van der Waals surface area contributed by atoms with E-state index in [1.54, 1.807) is 37.3 Å². The number of benzene rings is 2. The summed E-state index contributed by atoms with van der Waals surface area (Å²) in [5, 5.41) is 11.2. The van der Waals surface area contributed by atoms with Crippen LogP contribution in [0.4, 0.5) is 13.2 Å². The first-order chi connectivity index (χ1) is 16.1. The third-order valence-electron chi connectivity index (χ3n) is 5.76. The van der Waals surface area contributed by atoms with Gasteiger partial charge in [-0.3, -0.25) is 14.6 Å².